The summed E-state index contributed by atoms with van der Waals surface area (Å²) in [5.41, 5.74) is 2.13. The third-order valence-electron chi connectivity index (χ3n) is 4.90. The normalized spacial score (nSPS) is 19.5. The molecule has 0 bridgehead atoms. The van der Waals surface area contributed by atoms with Gasteiger partial charge in [-0.1, -0.05) is 0 Å². The summed E-state index contributed by atoms with van der Waals surface area (Å²) in [7, 11) is 0. The molecule has 0 aromatic carbocycles. The number of hydrogen-bond donors (Lipinski definition) is 1. The van der Waals surface area contributed by atoms with E-state index in [-0.39, 0.29) is 11.9 Å². The van der Waals surface area contributed by atoms with Crippen LogP contribution >= 0.6 is 0 Å². The number of amides is 1. The van der Waals surface area contributed by atoms with Crippen molar-refractivity contribution in [2.24, 2.45) is 5.92 Å². The number of nitrogens with zero attached hydrogens (tertiary/aromatic N) is 4. The lowest BCUT2D eigenvalue weighted by atomic mass is 10.2. The quantitative estimate of drug-likeness (QED) is 0.918. The van der Waals surface area contributed by atoms with Gasteiger partial charge in [0.25, 0.3) is 5.91 Å². The van der Waals surface area contributed by atoms with Gasteiger partial charge in [0.1, 0.15) is 11.4 Å². The molecule has 1 saturated heterocycles. The Bertz CT molecular complexity index is 762. The van der Waals surface area contributed by atoms with E-state index >= 15 is 0 Å². The lowest BCUT2D eigenvalue weighted by Gasteiger charge is -2.28. The fourth-order valence-corrected chi connectivity index (χ4v) is 3.21. The molecule has 0 unspecified atom stereocenters. The van der Waals surface area contributed by atoms with Crippen LogP contribution < -0.4 is 10.2 Å². The van der Waals surface area contributed by atoms with Crippen molar-refractivity contribution in [1.29, 1.82) is 0 Å². The molecular weight excluding hydrogens is 306 g/mol. The van der Waals surface area contributed by atoms with Crippen LogP contribution in [0.4, 0.5) is 5.82 Å². The molecule has 3 heterocycles. The summed E-state index contributed by atoms with van der Waals surface area (Å²) in [4.78, 5) is 19.5. The Hall–Kier alpha value is -2.15. The number of carbonyl (C=O) groups is 1. The number of rotatable bonds is 4. The minimum Gasteiger partial charge on any atom is -0.378 e. The molecule has 7 heteroatoms. The Morgan fingerprint density at radius 3 is 2.83 bits per heavy atom. The zero-order valence-corrected chi connectivity index (χ0v) is 14.2. The van der Waals surface area contributed by atoms with Crippen molar-refractivity contribution in [2.75, 3.05) is 31.2 Å². The number of morpholine rings is 1. The van der Waals surface area contributed by atoms with E-state index < -0.39 is 0 Å². The summed E-state index contributed by atoms with van der Waals surface area (Å²) in [5, 5.41) is 7.43. The zero-order valence-electron chi connectivity index (χ0n) is 14.2. The van der Waals surface area contributed by atoms with Crippen LogP contribution in [0, 0.1) is 12.8 Å². The number of hydrogen-bond acceptors (Lipinski definition) is 5. The third kappa shape index (κ3) is 2.84. The van der Waals surface area contributed by atoms with Crippen molar-refractivity contribution in [2.45, 2.75) is 32.7 Å². The van der Waals surface area contributed by atoms with Crippen molar-refractivity contribution in [3.63, 3.8) is 0 Å². The van der Waals surface area contributed by atoms with Crippen molar-refractivity contribution in [3.05, 3.63) is 23.5 Å². The number of ether oxygens (including phenoxy) is 1. The van der Waals surface area contributed by atoms with E-state index in [1.807, 2.05) is 13.0 Å². The molecule has 2 aromatic heterocycles. The second kappa shape index (κ2) is 6.05. The predicted molar refractivity (Wildman–Crippen MR) is 90.4 cm³/mol. The van der Waals surface area contributed by atoms with Gasteiger partial charge in [0.15, 0.2) is 5.65 Å². The third-order valence-corrected chi connectivity index (χ3v) is 4.90. The Morgan fingerprint density at radius 1 is 1.38 bits per heavy atom. The second-order valence-electron chi connectivity index (χ2n) is 6.75. The second-order valence-corrected chi connectivity index (χ2v) is 6.75. The van der Waals surface area contributed by atoms with Gasteiger partial charge in [0.05, 0.1) is 19.4 Å². The molecular formula is C17H23N5O2. The molecule has 2 aromatic rings. The number of anilines is 1. The fraction of sp³-hybridized carbons (Fsp3) is 0.588. The summed E-state index contributed by atoms with van der Waals surface area (Å²) in [6.07, 6.45) is 4.02. The van der Waals surface area contributed by atoms with Crippen LogP contribution in [-0.2, 0) is 4.74 Å². The highest BCUT2D eigenvalue weighted by atomic mass is 16.5. The first-order valence-electron chi connectivity index (χ1n) is 8.62. The number of nitrogens with one attached hydrogen (secondary N) is 1. The van der Waals surface area contributed by atoms with Gasteiger partial charge in [0.2, 0.25) is 0 Å². The molecule has 128 valence electrons. The Kier molecular flexibility index (Phi) is 3.88. The maximum absolute atomic E-state index is 12.6. The average molecular weight is 329 g/mol. The first kappa shape index (κ1) is 15.4. The molecule has 0 radical (unpaired) electrons. The van der Waals surface area contributed by atoms with Crippen molar-refractivity contribution < 1.29 is 9.53 Å². The van der Waals surface area contributed by atoms with E-state index in [4.69, 9.17) is 9.72 Å². The van der Waals surface area contributed by atoms with Crippen LogP contribution in [0.2, 0.25) is 0 Å². The highest BCUT2D eigenvalue weighted by Crippen LogP contribution is 2.32. The standard InChI is InChI=1S/C17H23N5O2/c1-11-9-15(21-5-7-24-8-6-21)20-16-14(10-18-22(11)16)17(23)19-12(2)13-3-4-13/h9-10,12-13H,3-8H2,1-2H3,(H,19,23)/t12-/m0/s1. The van der Waals surface area contributed by atoms with Crippen LogP contribution in [0.15, 0.2) is 12.3 Å². The van der Waals surface area contributed by atoms with Gasteiger partial charge in [-0.15, -0.1) is 0 Å². The number of carbonyl (C=O) groups excluding carboxylic acids is 1. The molecule has 1 atom stereocenters. The molecule has 1 saturated carbocycles. The van der Waals surface area contributed by atoms with Gasteiger partial charge >= 0.3 is 0 Å². The lowest BCUT2D eigenvalue weighted by molar-refractivity contribution is 0.0937. The molecule has 7 nitrogen and oxygen atoms in total. The van der Waals surface area contributed by atoms with E-state index in [1.54, 1.807) is 10.7 Å². The van der Waals surface area contributed by atoms with E-state index in [1.165, 1.54) is 12.8 Å². The smallest absolute Gasteiger partial charge is 0.256 e. The van der Waals surface area contributed by atoms with Gasteiger partial charge in [0, 0.05) is 30.9 Å². The maximum Gasteiger partial charge on any atom is 0.256 e. The maximum atomic E-state index is 12.6. The van der Waals surface area contributed by atoms with Crippen LogP contribution in [0.5, 0.6) is 0 Å². The molecule has 1 aliphatic carbocycles. The van der Waals surface area contributed by atoms with Crippen LogP contribution in [-0.4, -0.2) is 52.9 Å². The summed E-state index contributed by atoms with van der Waals surface area (Å²) in [6, 6.07) is 2.22. The Morgan fingerprint density at radius 2 is 2.12 bits per heavy atom. The SMILES string of the molecule is Cc1cc(N2CCOCC2)nc2c(C(=O)N[C@@H](C)C3CC3)cnn12. The molecule has 1 N–H and O–H groups in total. The van der Waals surface area contributed by atoms with Crippen LogP contribution in [0.25, 0.3) is 5.65 Å². The fourth-order valence-electron chi connectivity index (χ4n) is 3.21. The minimum absolute atomic E-state index is 0.0876. The van der Waals surface area contributed by atoms with Gasteiger partial charge in [-0.2, -0.15) is 5.10 Å². The average Bonchev–Trinajstić information content (AvgIpc) is 3.35. The molecule has 2 aliphatic rings. The Labute approximate surface area is 141 Å². The van der Waals surface area contributed by atoms with Crippen molar-refractivity contribution in [3.8, 4) is 0 Å². The van der Waals surface area contributed by atoms with E-state index in [9.17, 15) is 4.79 Å². The molecule has 24 heavy (non-hydrogen) atoms. The predicted octanol–water partition coefficient (Wildman–Crippen LogP) is 1.40. The highest BCUT2D eigenvalue weighted by Gasteiger charge is 2.30. The van der Waals surface area contributed by atoms with E-state index in [0.29, 0.717) is 30.3 Å². The van der Waals surface area contributed by atoms with Gasteiger partial charge in [-0.3, -0.25) is 4.79 Å². The topological polar surface area (TPSA) is 71.8 Å². The lowest BCUT2D eigenvalue weighted by Crippen LogP contribution is -2.37. The minimum atomic E-state index is -0.0876. The monoisotopic (exact) mass is 329 g/mol. The van der Waals surface area contributed by atoms with Gasteiger partial charge < -0.3 is 15.0 Å². The first-order valence-corrected chi connectivity index (χ1v) is 8.62. The summed E-state index contributed by atoms with van der Waals surface area (Å²) >= 11 is 0. The van der Waals surface area contributed by atoms with Gasteiger partial charge in [-0.25, -0.2) is 9.50 Å². The zero-order chi connectivity index (χ0) is 16.7. The highest BCUT2D eigenvalue weighted by molar-refractivity contribution is 6.00. The van der Waals surface area contributed by atoms with Crippen LogP contribution in [0.1, 0.15) is 35.8 Å². The van der Waals surface area contributed by atoms with Gasteiger partial charge in [-0.05, 0) is 32.6 Å². The molecule has 1 aliphatic heterocycles. The van der Waals surface area contributed by atoms with E-state index in [2.05, 4.69) is 22.2 Å². The molecule has 4 rings (SSSR count). The van der Waals surface area contributed by atoms with Crippen molar-refractivity contribution in [1.82, 2.24) is 19.9 Å². The number of aromatic nitrogens is 3. The number of fused-ring (bicyclic) bond motifs is 1. The van der Waals surface area contributed by atoms with Crippen LogP contribution in [0.3, 0.4) is 0 Å². The summed E-state index contributed by atoms with van der Waals surface area (Å²) in [6.45, 7) is 7.10. The van der Waals surface area contributed by atoms with Crippen molar-refractivity contribution >= 4 is 17.4 Å². The molecule has 0 spiro atoms. The molecule has 2 fully saturated rings. The molecule has 1 amide bonds. The summed E-state index contributed by atoms with van der Waals surface area (Å²) in [5.74, 6) is 1.41. The summed E-state index contributed by atoms with van der Waals surface area (Å²) < 4.78 is 7.14. The Balaban J connectivity index is 1.65. The first-order chi connectivity index (χ1) is 11.6. The number of aryl methyl sites for hydroxylation is 1. The van der Waals surface area contributed by atoms with E-state index in [0.717, 1.165) is 24.6 Å². The largest absolute Gasteiger partial charge is 0.378 e.